The zero-order valence-corrected chi connectivity index (χ0v) is 16.2. The minimum absolute atomic E-state index is 0.208. The van der Waals surface area contributed by atoms with Crippen molar-refractivity contribution in [1.82, 2.24) is 9.97 Å². The zero-order chi connectivity index (χ0) is 20.4. The van der Waals surface area contributed by atoms with Gasteiger partial charge in [0.2, 0.25) is 0 Å². The van der Waals surface area contributed by atoms with Gasteiger partial charge < -0.3 is 5.73 Å². The second-order valence-corrected chi connectivity index (χ2v) is 6.99. The number of hydrogen-bond acceptors (Lipinski definition) is 6. The molecule has 0 saturated heterocycles. The number of carbonyl (C=O) groups is 1. The van der Waals surface area contributed by atoms with E-state index in [0.29, 0.717) is 23.5 Å². The van der Waals surface area contributed by atoms with Crippen LogP contribution >= 0.6 is 0 Å². The molecule has 1 aromatic carbocycles. The largest absolute Gasteiger partial charge is 0.364 e. The van der Waals surface area contributed by atoms with E-state index in [0.717, 1.165) is 12.3 Å². The number of rotatable bonds is 5. The van der Waals surface area contributed by atoms with Gasteiger partial charge in [-0.1, -0.05) is 38.2 Å². The second kappa shape index (κ2) is 11.0. The topological polar surface area (TPSA) is 116 Å². The fraction of sp³-hybridized carbons (Fsp3) is 0.429. The number of benzene rings is 1. The molecule has 28 heavy (non-hydrogen) atoms. The summed E-state index contributed by atoms with van der Waals surface area (Å²) in [6.45, 7) is 2.40. The van der Waals surface area contributed by atoms with Gasteiger partial charge in [0.15, 0.2) is 0 Å². The zero-order valence-electron chi connectivity index (χ0n) is 16.2. The number of hydroxylamine groups is 1. The molecule has 3 rings (SSSR count). The smallest absolute Gasteiger partial charge is 0.268 e. The minimum Gasteiger partial charge on any atom is -0.364 e. The molecule has 0 unspecified atom stereocenters. The van der Waals surface area contributed by atoms with Crippen molar-refractivity contribution in [2.24, 2.45) is 11.7 Å². The standard InChI is InChI=1S/C15H20N2O.C6H7N3O/c16-12-14-7-4-8-15(11-14)17(18)10-9-13-5-2-1-3-6-13;1-4-2-8-3-5(9-4)6(7)10/h4,7-8,11,13,18H,1-3,5-6,9-10H2;2-3H,1H3,(H2,7,10). The van der Waals surface area contributed by atoms with Gasteiger partial charge in [-0.2, -0.15) is 5.26 Å². The molecule has 1 aromatic heterocycles. The highest BCUT2D eigenvalue weighted by Crippen LogP contribution is 2.27. The van der Waals surface area contributed by atoms with E-state index in [1.165, 1.54) is 43.4 Å². The van der Waals surface area contributed by atoms with E-state index in [1.807, 2.05) is 6.07 Å². The van der Waals surface area contributed by atoms with Crippen LogP contribution in [-0.2, 0) is 0 Å². The Bertz CT molecular complexity index is 812. The van der Waals surface area contributed by atoms with E-state index in [9.17, 15) is 10.0 Å². The second-order valence-electron chi connectivity index (χ2n) is 6.99. The average molecular weight is 381 g/mol. The SMILES string of the molecule is Cc1cncc(C(N)=O)n1.N#Cc1cccc(N(O)CCC2CCCCC2)c1. The molecule has 1 heterocycles. The van der Waals surface area contributed by atoms with E-state index in [-0.39, 0.29) is 5.69 Å². The third-order valence-corrected chi connectivity index (χ3v) is 4.75. The molecule has 7 nitrogen and oxygen atoms in total. The lowest BCUT2D eigenvalue weighted by Gasteiger charge is -2.24. The molecule has 1 amide bonds. The van der Waals surface area contributed by atoms with Gasteiger partial charge in [-0.05, 0) is 37.5 Å². The molecule has 0 atom stereocenters. The first-order valence-electron chi connectivity index (χ1n) is 9.54. The van der Waals surface area contributed by atoms with E-state index in [1.54, 1.807) is 31.3 Å². The Morgan fingerprint density at radius 1 is 1.32 bits per heavy atom. The summed E-state index contributed by atoms with van der Waals surface area (Å²) >= 11 is 0. The summed E-state index contributed by atoms with van der Waals surface area (Å²) in [4.78, 5) is 18.1. The van der Waals surface area contributed by atoms with Crippen LogP contribution in [0.4, 0.5) is 5.69 Å². The predicted molar refractivity (Wildman–Crippen MR) is 107 cm³/mol. The van der Waals surface area contributed by atoms with Gasteiger partial charge in [0.05, 0.1) is 29.2 Å². The molecule has 1 fully saturated rings. The van der Waals surface area contributed by atoms with E-state index in [2.05, 4.69) is 16.0 Å². The number of nitrogens with two attached hydrogens (primary N) is 1. The number of aromatic nitrogens is 2. The Labute approximate surface area is 165 Å². The molecule has 1 aliphatic rings. The number of primary amides is 1. The van der Waals surface area contributed by atoms with Crippen LogP contribution in [0.5, 0.6) is 0 Å². The molecule has 148 valence electrons. The van der Waals surface area contributed by atoms with Gasteiger partial charge in [-0.15, -0.1) is 0 Å². The maximum atomic E-state index is 10.5. The van der Waals surface area contributed by atoms with Crippen molar-refractivity contribution >= 4 is 11.6 Å². The van der Waals surface area contributed by atoms with Crippen LogP contribution in [0.3, 0.4) is 0 Å². The Morgan fingerprint density at radius 3 is 2.68 bits per heavy atom. The van der Waals surface area contributed by atoms with Gasteiger partial charge in [0, 0.05) is 12.7 Å². The lowest BCUT2D eigenvalue weighted by molar-refractivity contribution is 0.0995. The highest BCUT2D eigenvalue weighted by Gasteiger charge is 2.14. The fourth-order valence-corrected chi connectivity index (χ4v) is 3.23. The Morgan fingerprint density at radius 2 is 2.07 bits per heavy atom. The van der Waals surface area contributed by atoms with Crippen LogP contribution in [0.25, 0.3) is 0 Å². The molecule has 0 bridgehead atoms. The molecule has 2 aromatic rings. The summed E-state index contributed by atoms with van der Waals surface area (Å²) in [6.07, 6.45) is 10.6. The monoisotopic (exact) mass is 381 g/mol. The van der Waals surface area contributed by atoms with Crippen molar-refractivity contribution in [1.29, 1.82) is 5.26 Å². The Kier molecular flexibility index (Phi) is 8.37. The van der Waals surface area contributed by atoms with Gasteiger partial charge in [0.1, 0.15) is 5.69 Å². The third-order valence-electron chi connectivity index (χ3n) is 4.75. The summed E-state index contributed by atoms with van der Waals surface area (Å²) < 4.78 is 0. The summed E-state index contributed by atoms with van der Waals surface area (Å²) in [5.41, 5.74) is 7.14. The lowest BCUT2D eigenvalue weighted by atomic mass is 9.87. The predicted octanol–water partition coefficient (Wildman–Crippen LogP) is 3.61. The summed E-state index contributed by atoms with van der Waals surface area (Å²) in [5.74, 6) is 0.212. The van der Waals surface area contributed by atoms with Crippen LogP contribution in [0.2, 0.25) is 0 Å². The van der Waals surface area contributed by atoms with E-state index in [4.69, 9.17) is 11.0 Å². The quantitative estimate of drug-likeness (QED) is 0.764. The number of hydrogen-bond donors (Lipinski definition) is 2. The van der Waals surface area contributed by atoms with E-state index >= 15 is 0 Å². The normalized spacial score (nSPS) is 13.8. The molecular formula is C21H27N5O2. The first-order chi connectivity index (χ1) is 13.5. The van der Waals surface area contributed by atoms with Crippen molar-refractivity contribution in [3.05, 3.63) is 53.6 Å². The first-order valence-corrected chi connectivity index (χ1v) is 9.54. The Hall–Kier alpha value is -2.98. The molecular weight excluding hydrogens is 354 g/mol. The van der Waals surface area contributed by atoms with Crippen molar-refractivity contribution in [3.8, 4) is 6.07 Å². The molecule has 1 aliphatic carbocycles. The molecule has 1 saturated carbocycles. The van der Waals surface area contributed by atoms with Gasteiger partial charge in [-0.3, -0.25) is 20.0 Å². The van der Waals surface area contributed by atoms with Crippen LogP contribution in [0.15, 0.2) is 36.7 Å². The highest BCUT2D eigenvalue weighted by molar-refractivity contribution is 5.90. The van der Waals surface area contributed by atoms with Crippen molar-refractivity contribution in [2.75, 3.05) is 11.6 Å². The number of amides is 1. The van der Waals surface area contributed by atoms with Crippen molar-refractivity contribution in [2.45, 2.75) is 45.4 Å². The number of aryl methyl sites for hydroxylation is 1. The van der Waals surface area contributed by atoms with Gasteiger partial charge in [0.25, 0.3) is 5.91 Å². The summed E-state index contributed by atoms with van der Waals surface area (Å²) in [6, 6.07) is 9.20. The van der Waals surface area contributed by atoms with Crippen molar-refractivity contribution < 1.29 is 10.0 Å². The Balaban J connectivity index is 0.000000237. The fourth-order valence-electron chi connectivity index (χ4n) is 3.23. The number of anilines is 1. The highest BCUT2D eigenvalue weighted by atomic mass is 16.5. The first kappa shape index (κ1) is 21.3. The van der Waals surface area contributed by atoms with E-state index < -0.39 is 5.91 Å². The maximum absolute atomic E-state index is 10.5. The molecule has 0 aliphatic heterocycles. The molecule has 3 N–H and O–H groups in total. The average Bonchev–Trinajstić information content (AvgIpc) is 2.73. The molecule has 7 heteroatoms. The van der Waals surface area contributed by atoms with Crippen LogP contribution in [0.1, 0.15) is 60.3 Å². The third kappa shape index (κ3) is 6.97. The number of carbonyl (C=O) groups excluding carboxylic acids is 1. The van der Waals surface area contributed by atoms with Crippen molar-refractivity contribution in [3.63, 3.8) is 0 Å². The lowest BCUT2D eigenvalue weighted by Crippen LogP contribution is -2.22. The van der Waals surface area contributed by atoms with Crippen LogP contribution in [0, 0.1) is 24.2 Å². The molecule has 0 spiro atoms. The summed E-state index contributed by atoms with van der Waals surface area (Å²) in [7, 11) is 0. The van der Waals surface area contributed by atoms with Crippen LogP contribution in [-0.4, -0.2) is 27.6 Å². The number of nitrogens with zero attached hydrogens (tertiary/aromatic N) is 4. The maximum Gasteiger partial charge on any atom is 0.268 e. The minimum atomic E-state index is -0.545. The van der Waals surface area contributed by atoms with Gasteiger partial charge >= 0.3 is 0 Å². The van der Waals surface area contributed by atoms with Crippen LogP contribution < -0.4 is 10.8 Å². The molecule has 0 radical (unpaired) electrons. The van der Waals surface area contributed by atoms with Gasteiger partial charge in [-0.25, -0.2) is 4.98 Å². The summed E-state index contributed by atoms with van der Waals surface area (Å²) in [5, 5.41) is 20.1. The number of nitriles is 1.